The van der Waals surface area contributed by atoms with Gasteiger partial charge in [0, 0.05) is 6.54 Å². The third-order valence-electron chi connectivity index (χ3n) is 4.28. The van der Waals surface area contributed by atoms with Gasteiger partial charge in [0.15, 0.2) is 10.9 Å². The number of hydrogen-bond acceptors (Lipinski definition) is 3. The van der Waals surface area contributed by atoms with Crippen molar-refractivity contribution in [3.63, 3.8) is 0 Å². The summed E-state index contributed by atoms with van der Waals surface area (Å²) in [5.41, 5.74) is 0. The van der Waals surface area contributed by atoms with Crippen molar-refractivity contribution >= 4 is 23.4 Å². The molecule has 0 N–H and O–H groups in total. The average molecular weight is 315 g/mol. The van der Waals surface area contributed by atoms with Gasteiger partial charge in [-0.2, -0.15) is 16.9 Å². The van der Waals surface area contributed by atoms with Gasteiger partial charge in [0.05, 0.1) is 12.3 Å². The van der Waals surface area contributed by atoms with E-state index in [1.807, 2.05) is 16.4 Å². The fourth-order valence-corrected chi connectivity index (χ4v) is 4.47. The minimum absolute atomic E-state index is 0.337. The predicted molar refractivity (Wildman–Crippen MR) is 84.8 cm³/mol. The Morgan fingerprint density at radius 1 is 1.25 bits per heavy atom. The molecule has 0 radical (unpaired) electrons. The maximum Gasteiger partial charge on any atom is 0.176 e. The van der Waals surface area contributed by atoms with Gasteiger partial charge in [0.25, 0.3) is 0 Å². The summed E-state index contributed by atoms with van der Waals surface area (Å²) in [6, 6.07) is 0. The molecule has 1 aromatic heterocycles. The Kier molecular flexibility index (Phi) is 5.16. The molecule has 0 amide bonds. The molecule has 2 heterocycles. The van der Waals surface area contributed by atoms with Crippen LogP contribution < -0.4 is 4.74 Å². The van der Waals surface area contributed by atoms with E-state index in [0.717, 1.165) is 25.1 Å². The number of nitrogens with zero attached hydrogens (tertiary/aromatic N) is 2. The zero-order chi connectivity index (χ0) is 13.8. The maximum atomic E-state index is 6.43. The Hall–Kier alpha value is -0.350. The van der Waals surface area contributed by atoms with Crippen LogP contribution in [0.5, 0.6) is 5.75 Å². The van der Waals surface area contributed by atoms with E-state index in [-0.39, 0.29) is 0 Å². The summed E-state index contributed by atoms with van der Waals surface area (Å²) in [5.74, 6) is 4.02. The lowest BCUT2D eigenvalue weighted by molar-refractivity contribution is 0.155. The number of thioether (sulfide) groups is 1. The molecule has 1 aliphatic carbocycles. The Morgan fingerprint density at radius 3 is 2.85 bits per heavy atom. The molecule has 0 bridgehead atoms. The minimum Gasteiger partial charge on any atom is -0.486 e. The van der Waals surface area contributed by atoms with Crippen LogP contribution >= 0.6 is 23.4 Å². The van der Waals surface area contributed by atoms with Gasteiger partial charge in [-0.15, -0.1) is 0 Å². The molecule has 1 atom stereocenters. The van der Waals surface area contributed by atoms with E-state index >= 15 is 0 Å². The highest BCUT2D eigenvalue weighted by molar-refractivity contribution is 7.99. The zero-order valence-corrected chi connectivity index (χ0v) is 13.5. The van der Waals surface area contributed by atoms with Crippen molar-refractivity contribution in [2.45, 2.75) is 57.6 Å². The first-order valence-electron chi connectivity index (χ1n) is 7.78. The molecular formula is C15H23ClN2OS. The Bertz CT molecular complexity index is 388. The molecular weight excluding hydrogens is 292 g/mol. The monoisotopic (exact) mass is 314 g/mol. The van der Waals surface area contributed by atoms with Crippen LogP contribution in [-0.4, -0.2) is 27.4 Å². The summed E-state index contributed by atoms with van der Waals surface area (Å²) < 4.78 is 7.96. The molecule has 3 rings (SSSR count). The molecule has 1 unspecified atom stereocenters. The summed E-state index contributed by atoms with van der Waals surface area (Å²) in [4.78, 5) is 0. The van der Waals surface area contributed by atoms with E-state index < -0.39 is 0 Å². The van der Waals surface area contributed by atoms with Crippen molar-refractivity contribution in [2.75, 3.05) is 11.5 Å². The second kappa shape index (κ2) is 7.08. The van der Waals surface area contributed by atoms with E-state index in [4.69, 9.17) is 16.3 Å². The van der Waals surface area contributed by atoms with E-state index in [9.17, 15) is 0 Å². The summed E-state index contributed by atoms with van der Waals surface area (Å²) >= 11 is 8.48. The molecule has 20 heavy (non-hydrogen) atoms. The number of ether oxygens (including phenoxy) is 1. The summed E-state index contributed by atoms with van der Waals surface area (Å²) in [6.45, 7) is 0.930. The normalized spacial score (nSPS) is 24.8. The second-order valence-electron chi connectivity index (χ2n) is 5.94. The predicted octanol–water partition coefficient (Wildman–Crippen LogP) is 4.39. The van der Waals surface area contributed by atoms with Crippen molar-refractivity contribution in [1.82, 2.24) is 9.78 Å². The maximum absolute atomic E-state index is 6.43. The topological polar surface area (TPSA) is 27.1 Å². The summed E-state index contributed by atoms with van der Waals surface area (Å²) in [6.07, 6.45) is 10.9. The van der Waals surface area contributed by atoms with Crippen LogP contribution in [0, 0.1) is 5.92 Å². The molecule has 1 aromatic rings. The molecule has 1 aliphatic heterocycles. The van der Waals surface area contributed by atoms with E-state index in [0.29, 0.717) is 17.2 Å². The van der Waals surface area contributed by atoms with E-state index in [1.165, 1.54) is 43.6 Å². The Balaban J connectivity index is 1.59. The van der Waals surface area contributed by atoms with Crippen molar-refractivity contribution in [1.29, 1.82) is 0 Å². The van der Waals surface area contributed by atoms with Gasteiger partial charge in [-0.1, -0.05) is 18.0 Å². The first kappa shape index (κ1) is 14.6. The highest BCUT2D eigenvalue weighted by Crippen LogP contribution is 2.31. The van der Waals surface area contributed by atoms with Crippen molar-refractivity contribution < 1.29 is 4.74 Å². The molecule has 0 spiro atoms. The van der Waals surface area contributed by atoms with Crippen molar-refractivity contribution in [3.8, 4) is 5.75 Å². The van der Waals surface area contributed by atoms with Gasteiger partial charge >= 0.3 is 0 Å². The third kappa shape index (κ3) is 3.64. The largest absolute Gasteiger partial charge is 0.486 e. The first-order chi connectivity index (χ1) is 9.83. The molecule has 0 aromatic carbocycles. The Labute approximate surface area is 130 Å². The van der Waals surface area contributed by atoms with Gasteiger partial charge in [0.1, 0.15) is 0 Å². The standard InChI is InChI=1S/C15H23ClN2OS/c16-15-14(19-13-6-2-1-3-7-13)9-17-18(15)10-12-5-4-8-20-11-12/h9,12-13H,1-8,10-11H2. The number of halogens is 1. The quantitative estimate of drug-likeness (QED) is 0.824. The fourth-order valence-electron chi connectivity index (χ4n) is 3.12. The first-order valence-corrected chi connectivity index (χ1v) is 9.32. The second-order valence-corrected chi connectivity index (χ2v) is 7.45. The van der Waals surface area contributed by atoms with Gasteiger partial charge in [0.2, 0.25) is 0 Å². The van der Waals surface area contributed by atoms with Crippen molar-refractivity contribution in [3.05, 3.63) is 11.3 Å². The fraction of sp³-hybridized carbons (Fsp3) is 0.800. The molecule has 1 saturated heterocycles. The van der Waals surface area contributed by atoms with Gasteiger partial charge in [-0.3, -0.25) is 4.68 Å². The SMILES string of the molecule is Clc1c(OC2CCCCC2)cnn1CC1CCCSC1. The highest BCUT2D eigenvalue weighted by Gasteiger charge is 2.20. The van der Waals surface area contributed by atoms with Crippen LogP contribution in [0.25, 0.3) is 0 Å². The molecule has 1 saturated carbocycles. The molecule has 3 nitrogen and oxygen atoms in total. The van der Waals surface area contributed by atoms with Crippen LogP contribution in [0.1, 0.15) is 44.9 Å². The molecule has 2 fully saturated rings. The lowest BCUT2D eigenvalue weighted by Crippen LogP contribution is -2.20. The third-order valence-corrected chi connectivity index (χ3v) is 5.94. The summed E-state index contributed by atoms with van der Waals surface area (Å²) in [5, 5.41) is 5.11. The van der Waals surface area contributed by atoms with Gasteiger partial charge < -0.3 is 4.74 Å². The van der Waals surface area contributed by atoms with Crippen LogP contribution in [0.15, 0.2) is 6.20 Å². The molecule has 112 valence electrons. The smallest absolute Gasteiger partial charge is 0.176 e. The minimum atomic E-state index is 0.337. The average Bonchev–Trinajstić information content (AvgIpc) is 2.83. The lowest BCUT2D eigenvalue weighted by atomic mass is 9.98. The number of aromatic nitrogens is 2. The lowest BCUT2D eigenvalue weighted by Gasteiger charge is -2.23. The number of rotatable bonds is 4. The summed E-state index contributed by atoms with van der Waals surface area (Å²) in [7, 11) is 0. The number of hydrogen-bond donors (Lipinski definition) is 0. The van der Waals surface area contributed by atoms with Crippen LogP contribution in [0.4, 0.5) is 0 Å². The van der Waals surface area contributed by atoms with Gasteiger partial charge in [-0.05, 0) is 55.9 Å². The molecule has 5 heteroatoms. The van der Waals surface area contributed by atoms with Crippen LogP contribution in [0.3, 0.4) is 0 Å². The van der Waals surface area contributed by atoms with Gasteiger partial charge in [-0.25, -0.2) is 0 Å². The highest BCUT2D eigenvalue weighted by atomic mass is 35.5. The molecule has 2 aliphatic rings. The van der Waals surface area contributed by atoms with Crippen LogP contribution in [0.2, 0.25) is 5.15 Å². The Morgan fingerprint density at radius 2 is 2.10 bits per heavy atom. The van der Waals surface area contributed by atoms with E-state index in [2.05, 4.69) is 5.10 Å². The van der Waals surface area contributed by atoms with Crippen LogP contribution in [-0.2, 0) is 6.54 Å². The zero-order valence-electron chi connectivity index (χ0n) is 11.9. The van der Waals surface area contributed by atoms with Crippen molar-refractivity contribution in [2.24, 2.45) is 5.92 Å². The van der Waals surface area contributed by atoms with E-state index in [1.54, 1.807) is 6.20 Å².